The van der Waals surface area contributed by atoms with Crippen molar-refractivity contribution in [3.8, 4) is 5.75 Å². The van der Waals surface area contributed by atoms with Crippen LogP contribution >= 0.6 is 11.6 Å². The molecule has 1 atom stereocenters. The molecule has 29 heavy (non-hydrogen) atoms. The van der Waals surface area contributed by atoms with E-state index in [2.05, 4.69) is 15.8 Å². The van der Waals surface area contributed by atoms with Crippen LogP contribution in [0.2, 0.25) is 5.02 Å². The molecule has 6 nitrogen and oxygen atoms in total. The normalized spacial score (nSPS) is 12.0. The number of hydrogen-bond donors (Lipinski definition) is 2. The highest BCUT2D eigenvalue weighted by atomic mass is 35.5. The number of carbonyl (C=O) groups is 2. The zero-order valence-electron chi connectivity index (χ0n) is 16.8. The summed E-state index contributed by atoms with van der Waals surface area (Å²) in [5.41, 5.74) is 3.70. The molecule has 2 aromatic rings. The molecule has 0 radical (unpaired) electrons. The van der Waals surface area contributed by atoms with E-state index in [0.29, 0.717) is 29.4 Å². The first kappa shape index (κ1) is 22.4. The van der Waals surface area contributed by atoms with Gasteiger partial charge < -0.3 is 10.1 Å². The van der Waals surface area contributed by atoms with Crippen LogP contribution in [0.1, 0.15) is 43.1 Å². The molecule has 0 aliphatic rings. The van der Waals surface area contributed by atoms with Gasteiger partial charge in [-0.15, -0.1) is 0 Å². The van der Waals surface area contributed by atoms with Crippen molar-refractivity contribution in [2.75, 3.05) is 6.61 Å². The smallest absolute Gasteiger partial charge is 0.262 e. The second-order valence-electron chi connectivity index (χ2n) is 6.87. The summed E-state index contributed by atoms with van der Waals surface area (Å²) in [6.07, 6.45) is 2.01. The lowest BCUT2D eigenvalue weighted by Crippen LogP contribution is -2.46. The summed E-state index contributed by atoms with van der Waals surface area (Å²) in [5.74, 6) is 0.168. The van der Waals surface area contributed by atoms with E-state index < -0.39 is 6.04 Å². The van der Waals surface area contributed by atoms with Gasteiger partial charge in [0.25, 0.3) is 11.8 Å². The molecular formula is C22H26ClN3O3. The molecule has 2 N–H and O–H groups in total. The van der Waals surface area contributed by atoms with Crippen molar-refractivity contribution >= 4 is 29.6 Å². The van der Waals surface area contributed by atoms with Gasteiger partial charge in [0.15, 0.2) is 0 Å². The molecule has 0 aromatic heterocycles. The van der Waals surface area contributed by atoms with Crippen LogP contribution in [0.25, 0.3) is 0 Å². The Balaban J connectivity index is 2.05. The van der Waals surface area contributed by atoms with Crippen molar-refractivity contribution in [1.29, 1.82) is 0 Å². The van der Waals surface area contributed by atoms with Crippen molar-refractivity contribution in [3.63, 3.8) is 0 Å². The van der Waals surface area contributed by atoms with E-state index >= 15 is 0 Å². The largest absolute Gasteiger partial charge is 0.493 e. The Hall–Kier alpha value is -2.86. The standard InChI is InChI=1S/C22H26ClN3O3/c1-4-29-20-8-6-5-7-17(20)14-24-26-22(28)19(13-15(2)3)25-21(27)16-9-11-18(23)12-10-16/h5-12,14-15,19H,4,13H2,1-3H3,(H,25,27)(H,26,28)/b24-14+. The Morgan fingerprint density at radius 1 is 1.14 bits per heavy atom. The molecule has 0 aliphatic carbocycles. The Bertz CT molecular complexity index is 851. The van der Waals surface area contributed by atoms with E-state index in [-0.39, 0.29) is 17.7 Å². The molecule has 2 aromatic carbocycles. The van der Waals surface area contributed by atoms with E-state index in [1.807, 2.05) is 45.0 Å². The van der Waals surface area contributed by atoms with Gasteiger partial charge >= 0.3 is 0 Å². The fraction of sp³-hybridized carbons (Fsp3) is 0.318. The first-order valence-corrected chi connectivity index (χ1v) is 9.89. The topological polar surface area (TPSA) is 79.8 Å². The van der Waals surface area contributed by atoms with E-state index in [0.717, 1.165) is 5.56 Å². The summed E-state index contributed by atoms with van der Waals surface area (Å²) in [4.78, 5) is 25.1. The third-order valence-electron chi connectivity index (χ3n) is 4.03. The zero-order chi connectivity index (χ0) is 21.2. The summed E-state index contributed by atoms with van der Waals surface area (Å²) < 4.78 is 5.53. The molecular weight excluding hydrogens is 390 g/mol. The number of hydrazone groups is 1. The minimum Gasteiger partial charge on any atom is -0.493 e. The lowest BCUT2D eigenvalue weighted by atomic mass is 10.0. The maximum Gasteiger partial charge on any atom is 0.262 e. The van der Waals surface area contributed by atoms with E-state index in [9.17, 15) is 9.59 Å². The van der Waals surface area contributed by atoms with Crippen molar-refractivity contribution in [3.05, 3.63) is 64.7 Å². The third kappa shape index (κ3) is 7.23. The zero-order valence-corrected chi connectivity index (χ0v) is 17.6. The predicted molar refractivity (Wildman–Crippen MR) is 116 cm³/mol. The number of hydrogen-bond acceptors (Lipinski definition) is 4. The lowest BCUT2D eigenvalue weighted by molar-refractivity contribution is -0.123. The minimum absolute atomic E-state index is 0.207. The van der Waals surface area contributed by atoms with Crippen LogP contribution in [-0.4, -0.2) is 30.7 Å². The molecule has 154 valence electrons. The number of benzene rings is 2. The van der Waals surface area contributed by atoms with Gasteiger partial charge in [-0.05, 0) is 55.7 Å². The van der Waals surface area contributed by atoms with Crippen LogP contribution in [0, 0.1) is 5.92 Å². The van der Waals surface area contributed by atoms with Crippen molar-refractivity contribution in [2.45, 2.75) is 33.2 Å². The maximum absolute atomic E-state index is 12.6. The van der Waals surface area contributed by atoms with Crippen molar-refractivity contribution < 1.29 is 14.3 Å². The minimum atomic E-state index is -0.711. The third-order valence-corrected chi connectivity index (χ3v) is 4.28. The summed E-state index contributed by atoms with van der Waals surface area (Å²) in [6.45, 7) is 6.40. The first-order chi connectivity index (χ1) is 13.9. The number of carbonyl (C=O) groups excluding carboxylic acids is 2. The number of halogens is 1. The molecule has 1 unspecified atom stereocenters. The van der Waals surface area contributed by atoms with Crippen LogP contribution in [0.15, 0.2) is 53.6 Å². The van der Waals surface area contributed by atoms with E-state index in [1.165, 1.54) is 6.21 Å². The molecule has 0 fully saturated rings. The van der Waals surface area contributed by atoms with Crippen LogP contribution in [0.3, 0.4) is 0 Å². The van der Waals surface area contributed by atoms with Gasteiger partial charge in [0.2, 0.25) is 0 Å². The molecule has 0 saturated carbocycles. The number of ether oxygens (including phenoxy) is 1. The SMILES string of the molecule is CCOc1ccccc1/C=N/NC(=O)C(CC(C)C)NC(=O)c1ccc(Cl)cc1. The van der Waals surface area contributed by atoms with Gasteiger partial charge in [-0.25, -0.2) is 5.43 Å². The Kier molecular flexibility index (Phi) is 8.68. The average molecular weight is 416 g/mol. The van der Waals surface area contributed by atoms with Crippen LogP contribution in [-0.2, 0) is 4.79 Å². The average Bonchev–Trinajstić information content (AvgIpc) is 2.69. The van der Waals surface area contributed by atoms with Gasteiger partial charge in [0, 0.05) is 16.1 Å². The van der Waals surface area contributed by atoms with E-state index in [4.69, 9.17) is 16.3 Å². The second kappa shape index (κ2) is 11.2. The van der Waals surface area contributed by atoms with Crippen LogP contribution in [0.5, 0.6) is 5.75 Å². The number of rotatable bonds is 9. The summed E-state index contributed by atoms with van der Waals surface area (Å²) in [6, 6.07) is 13.2. The van der Waals surface area contributed by atoms with Gasteiger partial charge in [0.1, 0.15) is 11.8 Å². The molecule has 0 aliphatic heterocycles. The Morgan fingerprint density at radius 3 is 2.48 bits per heavy atom. The number of para-hydroxylation sites is 1. The van der Waals surface area contributed by atoms with Crippen molar-refractivity contribution in [1.82, 2.24) is 10.7 Å². The lowest BCUT2D eigenvalue weighted by Gasteiger charge is -2.19. The molecule has 2 rings (SSSR count). The maximum atomic E-state index is 12.6. The molecule has 0 spiro atoms. The first-order valence-electron chi connectivity index (χ1n) is 9.51. The van der Waals surface area contributed by atoms with Gasteiger partial charge in [-0.3, -0.25) is 9.59 Å². The number of nitrogens with zero attached hydrogens (tertiary/aromatic N) is 1. The summed E-state index contributed by atoms with van der Waals surface area (Å²) in [5, 5.41) is 7.34. The molecule has 7 heteroatoms. The number of nitrogens with one attached hydrogen (secondary N) is 2. The molecule has 0 heterocycles. The van der Waals surface area contributed by atoms with E-state index in [1.54, 1.807) is 24.3 Å². The fourth-order valence-electron chi connectivity index (χ4n) is 2.66. The molecule has 2 amide bonds. The highest BCUT2D eigenvalue weighted by Gasteiger charge is 2.22. The predicted octanol–water partition coefficient (Wildman–Crippen LogP) is 4.03. The summed E-state index contributed by atoms with van der Waals surface area (Å²) >= 11 is 5.86. The molecule has 0 saturated heterocycles. The molecule has 0 bridgehead atoms. The van der Waals surface area contributed by atoms with Gasteiger partial charge in [-0.2, -0.15) is 5.10 Å². The highest BCUT2D eigenvalue weighted by Crippen LogP contribution is 2.15. The summed E-state index contributed by atoms with van der Waals surface area (Å²) in [7, 11) is 0. The monoisotopic (exact) mass is 415 g/mol. The second-order valence-corrected chi connectivity index (χ2v) is 7.30. The van der Waals surface area contributed by atoms with Crippen LogP contribution in [0.4, 0.5) is 0 Å². The van der Waals surface area contributed by atoms with Gasteiger partial charge in [0.05, 0.1) is 12.8 Å². The van der Waals surface area contributed by atoms with Gasteiger partial charge in [-0.1, -0.05) is 37.6 Å². The fourth-order valence-corrected chi connectivity index (χ4v) is 2.79. The number of amides is 2. The van der Waals surface area contributed by atoms with Crippen LogP contribution < -0.4 is 15.5 Å². The Morgan fingerprint density at radius 2 is 1.83 bits per heavy atom. The highest BCUT2D eigenvalue weighted by molar-refractivity contribution is 6.30. The quantitative estimate of drug-likeness (QED) is 0.479. The van der Waals surface area contributed by atoms with Crippen molar-refractivity contribution in [2.24, 2.45) is 11.0 Å². The Labute approximate surface area is 176 Å².